The van der Waals surface area contributed by atoms with Crippen molar-refractivity contribution in [3.8, 4) is 11.6 Å². The summed E-state index contributed by atoms with van der Waals surface area (Å²) in [5, 5.41) is 2.94. The first-order valence-electron chi connectivity index (χ1n) is 5.50. The van der Waals surface area contributed by atoms with E-state index in [9.17, 15) is 4.39 Å². The van der Waals surface area contributed by atoms with Gasteiger partial charge in [-0.3, -0.25) is 0 Å². The summed E-state index contributed by atoms with van der Waals surface area (Å²) in [5.41, 5.74) is 0.310. The van der Waals surface area contributed by atoms with E-state index < -0.39 is 5.82 Å². The molecule has 0 spiro atoms. The number of aromatic amines is 1. The van der Waals surface area contributed by atoms with Gasteiger partial charge in [-0.2, -0.15) is 0 Å². The van der Waals surface area contributed by atoms with Crippen LogP contribution in [-0.2, 0) is 0 Å². The Morgan fingerprint density at radius 2 is 2.24 bits per heavy atom. The molecule has 0 aliphatic rings. The van der Waals surface area contributed by atoms with Gasteiger partial charge in [-0.25, -0.2) is 19.3 Å². The molecule has 0 aliphatic heterocycles. The zero-order valence-electron chi connectivity index (χ0n) is 9.79. The second kappa shape index (κ2) is 4.90. The zero-order valence-corrected chi connectivity index (χ0v) is 9.79. The van der Waals surface area contributed by atoms with Gasteiger partial charge in [-0.1, -0.05) is 6.92 Å². The predicted molar refractivity (Wildman–Crippen MR) is 63.1 cm³/mol. The maximum absolute atomic E-state index is 13.7. The molecule has 0 aromatic carbocycles. The van der Waals surface area contributed by atoms with Gasteiger partial charge in [0.2, 0.25) is 0 Å². The van der Waals surface area contributed by atoms with Crippen LogP contribution in [0, 0.1) is 12.7 Å². The number of hydrogen-bond acceptors (Lipinski definition) is 4. The molecule has 0 bridgehead atoms. The van der Waals surface area contributed by atoms with E-state index in [4.69, 9.17) is 0 Å². The number of halogens is 1. The van der Waals surface area contributed by atoms with Crippen molar-refractivity contribution >= 4 is 5.82 Å². The second-order valence-electron chi connectivity index (χ2n) is 3.66. The molecule has 0 fully saturated rings. The molecular weight excluding hydrogens is 221 g/mol. The van der Waals surface area contributed by atoms with Crippen molar-refractivity contribution in [2.45, 2.75) is 20.3 Å². The third kappa shape index (κ3) is 2.41. The summed E-state index contributed by atoms with van der Waals surface area (Å²) >= 11 is 0. The van der Waals surface area contributed by atoms with Crippen LogP contribution in [0.4, 0.5) is 10.2 Å². The molecule has 0 radical (unpaired) electrons. The van der Waals surface area contributed by atoms with Gasteiger partial charge >= 0.3 is 0 Å². The fourth-order valence-electron chi connectivity index (χ4n) is 1.41. The summed E-state index contributed by atoms with van der Waals surface area (Å²) in [5.74, 6) is 0.750. The number of anilines is 1. The molecule has 0 aliphatic carbocycles. The molecule has 0 atom stereocenters. The van der Waals surface area contributed by atoms with Gasteiger partial charge in [0, 0.05) is 18.9 Å². The topological polar surface area (TPSA) is 66.5 Å². The highest BCUT2D eigenvalue weighted by atomic mass is 19.1. The third-order valence-corrected chi connectivity index (χ3v) is 2.27. The highest BCUT2D eigenvalue weighted by molar-refractivity contribution is 5.49. The summed E-state index contributed by atoms with van der Waals surface area (Å²) in [7, 11) is 0. The van der Waals surface area contributed by atoms with Crippen molar-refractivity contribution in [1.82, 2.24) is 19.9 Å². The highest BCUT2D eigenvalue weighted by Gasteiger charge is 2.13. The van der Waals surface area contributed by atoms with Crippen LogP contribution in [0.2, 0.25) is 0 Å². The van der Waals surface area contributed by atoms with Crippen molar-refractivity contribution in [2.24, 2.45) is 0 Å². The minimum Gasteiger partial charge on any atom is -0.368 e. The fraction of sp³-hybridized carbons (Fsp3) is 0.364. The fourth-order valence-corrected chi connectivity index (χ4v) is 1.41. The third-order valence-electron chi connectivity index (χ3n) is 2.27. The molecule has 0 saturated carbocycles. The van der Waals surface area contributed by atoms with E-state index in [1.807, 2.05) is 6.92 Å². The Labute approximate surface area is 98.5 Å². The molecule has 90 valence electrons. The van der Waals surface area contributed by atoms with Crippen LogP contribution >= 0.6 is 0 Å². The molecule has 0 amide bonds. The number of nitrogens with zero attached hydrogens (tertiary/aromatic N) is 3. The van der Waals surface area contributed by atoms with Crippen molar-refractivity contribution in [3.05, 3.63) is 23.9 Å². The lowest BCUT2D eigenvalue weighted by Gasteiger charge is -2.08. The Morgan fingerprint density at radius 1 is 1.41 bits per heavy atom. The Bertz CT molecular complexity index is 495. The monoisotopic (exact) mass is 235 g/mol. The summed E-state index contributed by atoms with van der Waals surface area (Å²) < 4.78 is 13.7. The van der Waals surface area contributed by atoms with Crippen LogP contribution < -0.4 is 5.32 Å². The molecule has 6 heteroatoms. The number of nitrogens with one attached hydrogen (secondary N) is 2. The normalized spacial score (nSPS) is 10.5. The molecule has 2 aromatic heterocycles. The Balaban J connectivity index is 2.39. The predicted octanol–water partition coefficient (Wildman–Crippen LogP) is 2.14. The van der Waals surface area contributed by atoms with E-state index in [2.05, 4.69) is 25.3 Å². The van der Waals surface area contributed by atoms with E-state index in [0.717, 1.165) is 6.42 Å². The van der Waals surface area contributed by atoms with E-state index >= 15 is 0 Å². The first kappa shape index (κ1) is 11.5. The van der Waals surface area contributed by atoms with Crippen LogP contribution in [0.25, 0.3) is 11.6 Å². The molecule has 5 nitrogen and oxygen atoms in total. The Morgan fingerprint density at radius 3 is 2.88 bits per heavy atom. The number of H-pyrrole nitrogens is 1. The molecule has 2 rings (SSSR count). The van der Waals surface area contributed by atoms with Gasteiger partial charge in [0.25, 0.3) is 0 Å². The maximum Gasteiger partial charge on any atom is 0.198 e. The summed E-state index contributed by atoms with van der Waals surface area (Å²) in [4.78, 5) is 15.1. The molecule has 0 saturated heterocycles. The van der Waals surface area contributed by atoms with E-state index in [0.29, 0.717) is 23.9 Å². The summed E-state index contributed by atoms with van der Waals surface area (Å²) in [6.07, 6.45) is 4.19. The van der Waals surface area contributed by atoms with Crippen molar-refractivity contribution < 1.29 is 4.39 Å². The minimum atomic E-state index is -0.409. The lowest BCUT2D eigenvalue weighted by Crippen LogP contribution is -2.08. The van der Waals surface area contributed by atoms with Crippen molar-refractivity contribution in [3.63, 3.8) is 0 Å². The van der Waals surface area contributed by atoms with E-state index in [-0.39, 0.29) is 5.82 Å². The smallest absolute Gasteiger partial charge is 0.198 e. The molecule has 2 aromatic rings. The lowest BCUT2D eigenvalue weighted by atomic mass is 10.3. The second-order valence-corrected chi connectivity index (χ2v) is 3.66. The first-order valence-corrected chi connectivity index (χ1v) is 5.50. The van der Waals surface area contributed by atoms with Crippen LogP contribution in [0.1, 0.15) is 19.0 Å². The van der Waals surface area contributed by atoms with E-state index in [1.54, 1.807) is 19.3 Å². The zero-order chi connectivity index (χ0) is 12.3. The average molecular weight is 235 g/mol. The molecule has 17 heavy (non-hydrogen) atoms. The lowest BCUT2D eigenvalue weighted by molar-refractivity contribution is 0.605. The van der Waals surface area contributed by atoms with Crippen LogP contribution in [0.5, 0.6) is 0 Å². The first-order chi connectivity index (χ1) is 8.22. The quantitative estimate of drug-likeness (QED) is 0.852. The molecule has 0 unspecified atom stereocenters. The molecule has 2 heterocycles. The van der Waals surface area contributed by atoms with Crippen LogP contribution in [0.3, 0.4) is 0 Å². The molecular formula is C11H14FN5. The Hall–Kier alpha value is -1.98. The standard InChI is InChI=1S/C11H14FN5/c1-3-4-13-9-8(12)7(2)16-11(17-9)10-14-5-6-15-10/h5-6H,3-4H2,1-2H3,(H,14,15)(H,13,16,17). The van der Waals surface area contributed by atoms with Gasteiger partial charge < -0.3 is 10.3 Å². The number of aryl methyl sites for hydroxylation is 1. The number of aromatic nitrogens is 4. The van der Waals surface area contributed by atoms with Gasteiger partial charge in [0.1, 0.15) is 0 Å². The number of hydrogen-bond donors (Lipinski definition) is 2. The molecule has 2 N–H and O–H groups in total. The highest BCUT2D eigenvalue weighted by Crippen LogP contribution is 2.18. The minimum absolute atomic E-state index is 0.228. The number of rotatable bonds is 4. The van der Waals surface area contributed by atoms with Gasteiger partial charge in [0.15, 0.2) is 23.3 Å². The van der Waals surface area contributed by atoms with Gasteiger partial charge in [0.05, 0.1) is 5.69 Å². The average Bonchev–Trinajstić information content (AvgIpc) is 2.84. The van der Waals surface area contributed by atoms with Crippen molar-refractivity contribution in [1.29, 1.82) is 0 Å². The summed E-state index contributed by atoms with van der Waals surface area (Å²) in [6, 6.07) is 0. The van der Waals surface area contributed by atoms with Crippen molar-refractivity contribution in [2.75, 3.05) is 11.9 Å². The summed E-state index contributed by atoms with van der Waals surface area (Å²) in [6.45, 7) is 4.29. The van der Waals surface area contributed by atoms with Crippen LogP contribution in [-0.4, -0.2) is 26.5 Å². The Kier molecular flexibility index (Phi) is 3.32. The van der Waals surface area contributed by atoms with E-state index in [1.165, 1.54) is 0 Å². The van der Waals surface area contributed by atoms with Gasteiger partial charge in [-0.15, -0.1) is 0 Å². The van der Waals surface area contributed by atoms with Gasteiger partial charge in [-0.05, 0) is 13.3 Å². The maximum atomic E-state index is 13.7. The number of imidazole rings is 1. The largest absolute Gasteiger partial charge is 0.368 e. The van der Waals surface area contributed by atoms with Crippen LogP contribution in [0.15, 0.2) is 12.4 Å². The SMILES string of the molecule is CCCNc1nc(-c2ncc[nH]2)nc(C)c1F.